The molecule has 2 aromatic heterocycles. The van der Waals surface area contributed by atoms with Gasteiger partial charge in [0.2, 0.25) is 0 Å². The van der Waals surface area contributed by atoms with Gasteiger partial charge in [-0.05, 0) is 49.2 Å². The van der Waals surface area contributed by atoms with Crippen LogP contribution in [0.25, 0.3) is 11.4 Å². The molecule has 27 heavy (non-hydrogen) atoms. The number of rotatable bonds is 7. The number of aromatic nitrogens is 4. The summed E-state index contributed by atoms with van der Waals surface area (Å²) in [4.78, 5) is 4.39. The van der Waals surface area contributed by atoms with Crippen LogP contribution in [0.3, 0.4) is 0 Å². The maximum atomic E-state index is 5.85. The smallest absolute Gasteiger partial charge is 0.191 e. The molecule has 1 saturated heterocycles. The van der Waals surface area contributed by atoms with Crippen LogP contribution in [-0.2, 0) is 17.0 Å². The van der Waals surface area contributed by atoms with Gasteiger partial charge in [0.05, 0.1) is 25.5 Å². The first-order valence-corrected chi connectivity index (χ1v) is 10.0. The Hall–Kier alpha value is -2.38. The molecule has 0 aliphatic carbocycles. The van der Waals surface area contributed by atoms with Gasteiger partial charge in [-0.2, -0.15) is 0 Å². The quantitative estimate of drug-likeness (QED) is 0.579. The third-order valence-electron chi connectivity index (χ3n) is 4.55. The maximum absolute atomic E-state index is 5.85. The van der Waals surface area contributed by atoms with Gasteiger partial charge >= 0.3 is 0 Å². The van der Waals surface area contributed by atoms with E-state index in [0.29, 0.717) is 0 Å². The average Bonchev–Trinajstić information content (AvgIpc) is 3.38. The zero-order valence-electron chi connectivity index (χ0n) is 15.2. The van der Waals surface area contributed by atoms with Crippen molar-refractivity contribution in [3.63, 3.8) is 0 Å². The average molecular weight is 382 g/mol. The Morgan fingerprint density at radius 3 is 2.78 bits per heavy atom. The molecule has 140 valence electrons. The van der Waals surface area contributed by atoms with E-state index in [-0.39, 0.29) is 6.10 Å². The van der Waals surface area contributed by atoms with E-state index in [2.05, 4.69) is 19.7 Å². The number of benzene rings is 1. The van der Waals surface area contributed by atoms with E-state index in [1.165, 1.54) is 0 Å². The standard InChI is InChI=1S/C20H22N4O2S/c1-25-17-9-7-15(8-10-17)19-22-23-20(24(19)13-18-6-4-12-26-18)27-14-16-5-2-3-11-21-16/h2-3,5,7-11,18H,4,6,12-14H2,1H3. The summed E-state index contributed by atoms with van der Waals surface area (Å²) in [6, 6.07) is 13.9. The van der Waals surface area contributed by atoms with Gasteiger partial charge < -0.3 is 9.47 Å². The van der Waals surface area contributed by atoms with Crippen molar-refractivity contribution in [1.82, 2.24) is 19.7 Å². The Kier molecular flexibility index (Phi) is 5.69. The molecule has 7 heteroatoms. The highest BCUT2D eigenvalue weighted by molar-refractivity contribution is 7.98. The van der Waals surface area contributed by atoms with Crippen LogP contribution in [0, 0.1) is 0 Å². The molecular formula is C20H22N4O2S. The largest absolute Gasteiger partial charge is 0.497 e. The summed E-state index contributed by atoms with van der Waals surface area (Å²) in [6.07, 6.45) is 4.22. The molecule has 3 aromatic rings. The molecule has 1 atom stereocenters. The Morgan fingerprint density at radius 1 is 1.19 bits per heavy atom. The fraction of sp³-hybridized carbons (Fsp3) is 0.350. The van der Waals surface area contributed by atoms with Crippen LogP contribution in [-0.4, -0.2) is 39.6 Å². The molecule has 0 saturated carbocycles. The first kappa shape index (κ1) is 18.0. The topological polar surface area (TPSA) is 62.1 Å². The number of hydrogen-bond acceptors (Lipinski definition) is 6. The number of thioether (sulfide) groups is 1. The predicted octanol–water partition coefficient (Wildman–Crippen LogP) is 3.82. The molecule has 1 fully saturated rings. The van der Waals surface area contributed by atoms with Crippen molar-refractivity contribution in [3.8, 4) is 17.1 Å². The Labute approximate surface area is 162 Å². The molecule has 0 N–H and O–H groups in total. The number of ether oxygens (including phenoxy) is 2. The molecule has 1 unspecified atom stereocenters. The van der Waals surface area contributed by atoms with Gasteiger partial charge in [-0.25, -0.2) is 0 Å². The first-order valence-electron chi connectivity index (χ1n) is 9.05. The lowest BCUT2D eigenvalue weighted by Gasteiger charge is -2.15. The summed E-state index contributed by atoms with van der Waals surface area (Å²) in [6.45, 7) is 1.60. The van der Waals surface area contributed by atoms with Crippen LogP contribution in [0.5, 0.6) is 5.75 Å². The normalized spacial score (nSPS) is 16.6. The monoisotopic (exact) mass is 382 g/mol. The zero-order chi connectivity index (χ0) is 18.5. The fourth-order valence-electron chi connectivity index (χ4n) is 3.13. The lowest BCUT2D eigenvalue weighted by atomic mass is 10.2. The second-order valence-corrected chi connectivity index (χ2v) is 7.33. The molecule has 3 heterocycles. The molecular weight excluding hydrogens is 360 g/mol. The summed E-state index contributed by atoms with van der Waals surface area (Å²) in [5, 5.41) is 9.82. The van der Waals surface area contributed by atoms with Crippen molar-refractivity contribution >= 4 is 11.8 Å². The minimum atomic E-state index is 0.215. The summed E-state index contributed by atoms with van der Waals surface area (Å²) in [7, 11) is 1.67. The van der Waals surface area contributed by atoms with Crippen LogP contribution < -0.4 is 4.74 Å². The van der Waals surface area contributed by atoms with E-state index < -0.39 is 0 Å². The third kappa shape index (κ3) is 4.31. The highest BCUT2D eigenvalue weighted by atomic mass is 32.2. The lowest BCUT2D eigenvalue weighted by Crippen LogP contribution is -2.16. The Bertz CT molecular complexity index is 861. The molecule has 1 aliphatic heterocycles. The Morgan fingerprint density at radius 2 is 2.07 bits per heavy atom. The molecule has 0 spiro atoms. The van der Waals surface area contributed by atoms with Crippen molar-refractivity contribution in [2.45, 2.75) is 36.4 Å². The van der Waals surface area contributed by atoms with E-state index >= 15 is 0 Å². The summed E-state index contributed by atoms with van der Waals surface area (Å²) < 4.78 is 13.3. The van der Waals surface area contributed by atoms with E-state index in [4.69, 9.17) is 9.47 Å². The Balaban J connectivity index is 1.60. The van der Waals surface area contributed by atoms with Gasteiger partial charge in [0, 0.05) is 24.1 Å². The van der Waals surface area contributed by atoms with Crippen LogP contribution in [0.15, 0.2) is 53.8 Å². The summed E-state index contributed by atoms with van der Waals surface area (Å²) in [5.41, 5.74) is 2.05. The number of hydrogen-bond donors (Lipinski definition) is 0. The van der Waals surface area contributed by atoms with Crippen LogP contribution in [0.4, 0.5) is 0 Å². The summed E-state index contributed by atoms with van der Waals surface area (Å²) in [5.74, 6) is 2.44. The molecule has 1 aromatic carbocycles. The highest BCUT2D eigenvalue weighted by Gasteiger charge is 2.22. The molecule has 0 bridgehead atoms. The summed E-state index contributed by atoms with van der Waals surface area (Å²) >= 11 is 1.65. The van der Waals surface area contributed by atoms with Crippen molar-refractivity contribution in [2.24, 2.45) is 0 Å². The van der Waals surface area contributed by atoms with Gasteiger partial charge in [-0.15, -0.1) is 10.2 Å². The predicted molar refractivity (Wildman–Crippen MR) is 105 cm³/mol. The van der Waals surface area contributed by atoms with Gasteiger partial charge in [0.15, 0.2) is 11.0 Å². The molecule has 0 amide bonds. The van der Waals surface area contributed by atoms with Gasteiger partial charge in [-0.1, -0.05) is 17.8 Å². The maximum Gasteiger partial charge on any atom is 0.191 e. The van der Waals surface area contributed by atoms with Gasteiger partial charge in [0.25, 0.3) is 0 Å². The second kappa shape index (κ2) is 8.54. The first-order chi connectivity index (χ1) is 13.3. The molecule has 0 radical (unpaired) electrons. The van der Waals surface area contributed by atoms with E-state index in [0.717, 1.165) is 59.7 Å². The number of methoxy groups -OCH3 is 1. The lowest BCUT2D eigenvalue weighted by molar-refractivity contribution is 0.0953. The van der Waals surface area contributed by atoms with Crippen LogP contribution >= 0.6 is 11.8 Å². The van der Waals surface area contributed by atoms with Crippen molar-refractivity contribution in [2.75, 3.05) is 13.7 Å². The molecule has 6 nitrogen and oxygen atoms in total. The minimum absolute atomic E-state index is 0.215. The number of pyridine rings is 1. The van der Waals surface area contributed by atoms with Gasteiger partial charge in [-0.3, -0.25) is 9.55 Å². The zero-order valence-corrected chi connectivity index (χ0v) is 16.1. The molecule has 1 aliphatic rings. The fourth-order valence-corrected chi connectivity index (χ4v) is 3.99. The minimum Gasteiger partial charge on any atom is -0.497 e. The van der Waals surface area contributed by atoms with E-state index in [9.17, 15) is 0 Å². The van der Waals surface area contributed by atoms with Crippen molar-refractivity contribution in [3.05, 3.63) is 54.4 Å². The highest BCUT2D eigenvalue weighted by Crippen LogP contribution is 2.29. The van der Waals surface area contributed by atoms with Crippen molar-refractivity contribution in [1.29, 1.82) is 0 Å². The molecule has 4 rings (SSSR count). The van der Waals surface area contributed by atoms with Crippen molar-refractivity contribution < 1.29 is 9.47 Å². The van der Waals surface area contributed by atoms with E-state index in [1.807, 2.05) is 48.7 Å². The SMILES string of the molecule is COc1ccc(-c2nnc(SCc3ccccn3)n2CC2CCCO2)cc1. The second-order valence-electron chi connectivity index (χ2n) is 6.39. The van der Waals surface area contributed by atoms with Crippen LogP contribution in [0.1, 0.15) is 18.5 Å². The van der Waals surface area contributed by atoms with Crippen LogP contribution in [0.2, 0.25) is 0 Å². The number of nitrogens with zero attached hydrogens (tertiary/aromatic N) is 4. The third-order valence-corrected chi connectivity index (χ3v) is 5.55. The van der Waals surface area contributed by atoms with E-state index in [1.54, 1.807) is 18.9 Å². The van der Waals surface area contributed by atoms with Gasteiger partial charge in [0.1, 0.15) is 5.75 Å².